The Bertz CT molecular complexity index is 338. The van der Waals surface area contributed by atoms with Crippen LogP contribution in [0.15, 0.2) is 24.3 Å². The van der Waals surface area contributed by atoms with Crippen molar-refractivity contribution < 1.29 is 4.74 Å². The Hall–Kier alpha value is -1.02. The second kappa shape index (κ2) is 8.15. The van der Waals surface area contributed by atoms with Crippen molar-refractivity contribution in [2.75, 3.05) is 5.73 Å². The van der Waals surface area contributed by atoms with Gasteiger partial charge in [0.1, 0.15) is 0 Å². The maximum atomic E-state index is 6.02. The van der Waals surface area contributed by atoms with Gasteiger partial charge in [0.25, 0.3) is 0 Å². The maximum absolute atomic E-state index is 6.02. The molecule has 0 radical (unpaired) electrons. The number of nitrogens with two attached hydrogens (primary N) is 1. The highest BCUT2D eigenvalue weighted by Gasteiger charge is 2.10. The lowest BCUT2D eigenvalue weighted by Crippen LogP contribution is -2.11. The van der Waals surface area contributed by atoms with Crippen LogP contribution in [0.4, 0.5) is 5.69 Å². The van der Waals surface area contributed by atoms with E-state index in [0.29, 0.717) is 6.10 Å². The fraction of sp³-hybridized carbons (Fsp3) is 0.625. The van der Waals surface area contributed by atoms with Crippen LogP contribution in [0.5, 0.6) is 0 Å². The molecule has 0 aromatic heterocycles. The SMILES string of the molecule is CCCCCCC(C)OC(C)c1cccc(N)c1. The minimum Gasteiger partial charge on any atom is -0.399 e. The summed E-state index contributed by atoms with van der Waals surface area (Å²) < 4.78 is 6.02. The van der Waals surface area contributed by atoms with E-state index < -0.39 is 0 Å². The van der Waals surface area contributed by atoms with Crippen molar-refractivity contribution in [3.63, 3.8) is 0 Å². The van der Waals surface area contributed by atoms with E-state index in [2.05, 4.69) is 26.8 Å². The monoisotopic (exact) mass is 249 g/mol. The van der Waals surface area contributed by atoms with Crippen LogP contribution >= 0.6 is 0 Å². The Morgan fingerprint density at radius 3 is 2.61 bits per heavy atom. The van der Waals surface area contributed by atoms with Gasteiger partial charge >= 0.3 is 0 Å². The second-order valence-electron chi connectivity index (χ2n) is 5.11. The number of ether oxygens (including phenoxy) is 1. The number of rotatable bonds is 8. The van der Waals surface area contributed by atoms with E-state index >= 15 is 0 Å². The highest BCUT2D eigenvalue weighted by atomic mass is 16.5. The van der Waals surface area contributed by atoms with Crippen molar-refractivity contribution in [1.29, 1.82) is 0 Å². The third-order valence-corrected chi connectivity index (χ3v) is 3.28. The van der Waals surface area contributed by atoms with Gasteiger partial charge in [0.05, 0.1) is 12.2 Å². The third kappa shape index (κ3) is 5.54. The lowest BCUT2D eigenvalue weighted by molar-refractivity contribution is 0.00165. The van der Waals surface area contributed by atoms with Gasteiger partial charge in [0, 0.05) is 5.69 Å². The van der Waals surface area contributed by atoms with Crippen molar-refractivity contribution >= 4 is 5.69 Å². The predicted octanol–water partition coefficient (Wildman–Crippen LogP) is 4.71. The molecule has 0 aliphatic rings. The Morgan fingerprint density at radius 2 is 1.94 bits per heavy atom. The molecule has 2 atom stereocenters. The molecule has 0 spiro atoms. The van der Waals surface area contributed by atoms with Crippen LogP contribution in [-0.2, 0) is 4.74 Å². The number of anilines is 1. The molecule has 0 saturated heterocycles. The van der Waals surface area contributed by atoms with E-state index in [-0.39, 0.29) is 6.10 Å². The molecule has 0 fully saturated rings. The van der Waals surface area contributed by atoms with E-state index in [9.17, 15) is 0 Å². The van der Waals surface area contributed by atoms with E-state index in [1.807, 2.05) is 18.2 Å². The first kappa shape index (κ1) is 15.0. The molecule has 2 nitrogen and oxygen atoms in total. The Kier molecular flexibility index (Phi) is 6.81. The van der Waals surface area contributed by atoms with Crippen LogP contribution in [0.25, 0.3) is 0 Å². The van der Waals surface area contributed by atoms with E-state index in [4.69, 9.17) is 10.5 Å². The van der Waals surface area contributed by atoms with Crippen molar-refractivity contribution in [2.45, 2.75) is 65.1 Å². The molecule has 0 heterocycles. The van der Waals surface area contributed by atoms with Crippen LogP contribution < -0.4 is 5.73 Å². The topological polar surface area (TPSA) is 35.2 Å². The largest absolute Gasteiger partial charge is 0.399 e. The van der Waals surface area contributed by atoms with Crippen LogP contribution in [-0.4, -0.2) is 6.10 Å². The van der Waals surface area contributed by atoms with Gasteiger partial charge in [-0.3, -0.25) is 0 Å². The number of hydrogen-bond acceptors (Lipinski definition) is 2. The highest BCUT2D eigenvalue weighted by molar-refractivity contribution is 5.41. The molecule has 0 saturated carbocycles. The van der Waals surface area contributed by atoms with Crippen LogP contribution in [0.1, 0.15) is 64.5 Å². The molecular formula is C16H27NO. The lowest BCUT2D eigenvalue weighted by Gasteiger charge is -2.19. The molecule has 0 bridgehead atoms. The van der Waals surface area contributed by atoms with Crippen molar-refractivity contribution in [3.05, 3.63) is 29.8 Å². The Labute approximate surface area is 112 Å². The van der Waals surface area contributed by atoms with Gasteiger partial charge in [-0.25, -0.2) is 0 Å². The Balaban J connectivity index is 2.32. The average molecular weight is 249 g/mol. The van der Waals surface area contributed by atoms with Gasteiger partial charge in [-0.1, -0.05) is 44.7 Å². The summed E-state index contributed by atoms with van der Waals surface area (Å²) in [5.41, 5.74) is 7.75. The molecule has 1 rings (SSSR count). The molecule has 2 heteroatoms. The normalized spacial score (nSPS) is 14.4. The Morgan fingerprint density at radius 1 is 1.17 bits per heavy atom. The van der Waals surface area contributed by atoms with Gasteiger partial charge < -0.3 is 10.5 Å². The first-order valence-electron chi connectivity index (χ1n) is 7.14. The zero-order valence-corrected chi connectivity index (χ0v) is 12.0. The zero-order chi connectivity index (χ0) is 13.4. The van der Waals surface area contributed by atoms with Gasteiger partial charge in [0.2, 0.25) is 0 Å². The molecule has 1 aromatic rings. The summed E-state index contributed by atoms with van der Waals surface area (Å²) in [4.78, 5) is 0. The highest BCUT2D eigenvalue weighted by Crippen LogP contribution is 2.22. The van der Waals surface area contributed by atoms with Crippen molar-refractivity contribution in [3.8, 4) is 0 Å². The quantitative estimate of drug-likeness (QED) is 0.535. The summed E-state index contributed by atoms with van der Waals surface area (Å²) in [7, 11) is 0. The molecular weight excluding hydrogens is 222 g/mol. The fourth-order valence-electron chi connectivity index (χ4n) is 2.17. The molecule has 0 aliphatic heterocycles. The van der Waals surface area contributed by atoms with Gasteiger partial charge in [-0.2, -0.15) is 0 Å². The number of nitrogen functional groups attached to an aromatic ring is 1. The maximum Gasteiger partial charge on any atom is 0.0801 e. The number of hydrogen-bond donors (Lipinski definition) is 1. The predicted molar refractivity (Wildman–Crippen MR) is 78.6 cm³/mol. The third-order valence-electron chi connectivity index (χ3n) is 3.28. The summed E-state index contributed by atoms with van der Waals surface area (Å²) in [5.74, 6) is 0. The van der Waals surface area contributed by atoms with Crippen LogP contribution in [0.2, 0.25) is 0 Å². The fourth-order valence-corrected chi connectivity index (χ4v) is 2.17. The number of benzene rings is 1. The zero-order valence-electron chi connectivity index (χ0n) is 12.0. The molecule has 102 valence electrons. The summed E-state index contributed by atoms with van der Waals surface area (Å²) in [6.45, 7) is 6.49. The first-order valence-corrected chi connectivity index (χ1v) is 7.14. The van der Waals surface area contributed by atoms with Crippen LogP contribution in [0.3, 0.4) is 0 Å². The van der Waals surface area contributed by atoms with Gasteiger partial charge in [-0.05, 0) is 38.0 Å². The average Bonchev–Trinajstić information content (AvgIpc) is 2.34. The standard InChI is InChI=1S/C16H27NO/c1-4-5-6-7-9-13(2)18-14(3)15-10-8-11-16(17)12-15/h8,10-14H,4-7,9,17H2,1-3H3. The summed E-state index contributed by atoms with van der Waals surface area (Å²) in [5, 5.41) is 0. The van der Waals surface area contributed by atoms with Crippen molar-refractivity contribution in [1.82, 2.24) is 0 Å². The smallest absolute Gasteiger partial charge is 0.0801 e. The lowest BCUT2D eigenvalue weighted by atomic mass is 10.1. The van der Waals surface area contributed by atoms with E-state index in [1.165, 1.54) is 25.7 Å². The minimum atomic E-state index is 0.120. The summed E-state index contributed by atoms with van der Waals surface area (Å²) >= 11 is 0. The van der Waals surface area contributed by atoms with Gasteiger partial charge in [0.15, 0.2) is 0 Å². The van der Waals surface area contributed by atoms with Gasteiger partial charge in [-0.15, -0.1) is 0 Å². The second-order valence-corrected chi connectivity index (χ2v) is 5.11. The summed E-state index contributed by atoms with van der Waals surface area (Å²) in [6.07, 6.45) is 6.78. The molecule has 0 amide bonds. The first-order chi connectivity index (χ1) is 8.63. The van der Waals surface area contributed by atoms with Crippen LogP contribution in [0, 0.1) is 0 Å². The molecule has 18 heavy (non-hydrogen) atoms. The van der Waals surface area contributed by atoms with Crippen molar-refractivity contribution in [2.24, 2.45) is 0 Å². The minimum absolute atomic E-state index is 0.120. The summed E-state index contributed by atoms with van der Waals surface area (Å²) in [6, 6.07) is 7.96. The van der Waals surface area contributed by atoms with E-state index in [1.54, 1.807) is 0 Å². The number of unbranched alkanes of at least 4 members (excludes halogenated alkanes) is 3. The van der Waals surface area contributed by atoms with E-state index in [0.717, 1.165) is 17.7 Å². The molecule has 0 aliphatic carbocycles. The molecule has 2 N–H and O–H groups in total. The molecule has 2 unspecified atom stereocenters. The molecule has 1 aromatic carbocycles.